The van der Waals surface area contributed by atoms with Crippen LogP contribution in [0.3, 0.4) is 0 Å². The van der Waals surface area contributed by atoms with Gasteiger partial charge in [0.15, 0.2) is 0 Å². The van der Waals surface area contributed by atoms with Crippen LogP contribution in [0.2, 0.25) is 0 Å². The van der Waals surface area contributed by atoms with Gasteiger partial charge < -0.3 is 16.0 Å². The van der Waals surface area contributed by atoms with Crippen LogP contribution in [0.4, 0.5) is 0 Å². The Balaban J connectivity index is 1.47. The first kappa shape index (κ1) is 17.2. The van der Waals surface area contributed by atoms with E-state index < -0.39 is 6.04 Å². The van der Waals surface area contributed by atoms with Gasteiger partial charge >= 0.3 is 0 Å². The van der Waals surface area contributed by atoms with Crippen LogP contribution < -0.4 is 11.1 Å². The number of hydrogen-bond donors (Lipinski definition) is 2. The van der Waals surface area contributed by atoms with E-state index in [9.17, 15) is 9.59 Å². The van der Waals surface area contributed by atoms with Crippen molar-refractivity contribution in [1.29, 1.82) is 0 Å². The molecule has 0 radical (unpaired) electrons. The Labute approximate surface area is 146 Å². The third-order valence-corrected chi connectivity index (χ3v) is 5.83. The van der Waals surface area contributed by atoms with Gasteiger partial charge in [-0.25, -0.2) is 0 Å². The van der Waals surface area contributed by atoms with Crippen LogP contribution in [-0.2, 0) is 4.79 Å². The molecule has 1 atom stereocenters. The molecule has 2 aliphatic rings. The highest BCUT2D eigenvalue weighted by Gasteiger charge is 2.33. The van der Waals surface area contributed by atoms with Crippen LogP contribution >= 0.6 is 11.8 Å². The fourth-order valence-electron chi connectivity index (χ4n) is 3.38. The molecule has 0 aromatic carbocycles. The van der Waals surface area contributed by atoms with Crippen molar-refractivity contribution >= 4 is 23.6 Å². The monoisotopic (exact) mass is 348 g/mol. The molecular formula is C17H24N4O2S. The van der Waals surface area contributed by atoms with Crippen molar-refractivity contribution in [3.63, 3.8) is 0 Å². The fraction of sp³-hybridized carbons (Fsp3) is 0.588. The van der Waals surface area contributed by atoms with Crippen LogP contribution in [0.1, 0.15) is 36.2 Å². The van der Waals surface area contributed by atoms with E-state index in [-0.39, 0.29) is 23.8 Å². The molecule has 3 rings (SSSR count). The standard InChI is InChI=1S/C17H24N4O2S/c18-15(17(23)21-9-10-24-11-21)12-4-6-13(7-5-12)20-16(22)14-3-1-2-8-19-14/h1-3,8,12-13,15H,4-7,9-11,18H2,(H,20,22). The minimum absolute atomic E-state index is 0.0842. The molecule has 0 spiro atoms. The molecule has 0 bridgehead atoms. The van der Waals surface area contributed by atoms with Crippen LogP contribution in [-0.4, -0.2) is 52.0 Å². The molecule has 6 nitrogen and oxygen atoms in total. The highest BCUT2D eigenvalue weighted by atomic mass is 32.2. The normalized spacial score (nSPS) is 25.3. The summed E-state index contributed by atoms with van der Waals surface area (Å²) in [4.78, 5) is 30.5. The summed E-state index contributed by atoms with van der Waals surface area (Å²) in [7, 11) is 0. The lowest BCUT2D eigenvalue weighted by atomic mass is 9.81. The summed E-state index contributed by atoms with van der Waals surface area (Å²) in [6.45, 7) is 0.812. The van der Waals surface area contributed by atoms with Crippen molar-refractivity contribution in [1.82, 2.24) is 15.2 Å². The highest BCUT2D eigenvalue weighted by Crippen LogP contribution is 2.28. The predicted octanol–water partition coefficient (Wildman–Crippen LogP) is 1.23. The molecule has 2 fully saturated rings. The number of rotatable bonds is 4. The number of thioether (sulfide) groups is 1. The van der Waals surface area contributed by atoms with Crippen molar-refractivity contribution in [2.75, 3.05) is 18.2 Å². The summed E-state index contributed by atoms with van der Waals surface area (Å²) in [5, 5.41) is 3.04. The summed E-state index contributed by atoms with van der Waals surface area (Å²) >= 11 is 1.78. The maximum Gasteiger partial charge on any atom is 0.270 e. The molecular weight excluding hydrogens is 324 g/mol. The van der Waals surface area contributed by atoms with Crippen LogP contribution in [0.15, 0.2) is 24.4 Å². The Morgan fingerprint density at radius 2 is 2.08 bits per heavy atom. The smallest absolute Gasteiger partial charge is 0.270 e. The van der Waals surface area contributed by atoms with E-state index in [1.807, 2.05) is 4.90 Å². The highest BCUT2D eigenvalue weighted by molar-refractivity contribution is 7.99. The summed E-state index contributed by atoms with van der Waals surface area (Å²) in [6, 6.07) is 5.04. The summed E-state index contributed by atoms with van der Waals surface area (Å²) in [6.07, 6.45) is 5.09. The van der Waals surface area contributed by atoms with Gasteiger partial charge in [-0.3, -0.25) is 14.6 Å². The molecule has 1 saturated carbocycles. The molecule has 1 aliphatic heterocycles. The molecule has 1 aliphatic carbocycles. The van der Waals surface area contributed by atoms with Crippen molar-refractivity contribution in [3.05, 3.63) is 30.1 Å². The summed E-state index contributed by atoms with van der Waals surface area (Å²) < 4.78 is 0. The van der Waals surface area contributed by atoms with E-state index >= 15 is 0 Å². The zero-order valence-corrected chi connectivity index (χ0v) is 14.5. The molecule has 1 aromatic heterocycles. The van der Waals surface area contributed by atoms with E-state index in [0.717, 1.165) is 43.9 Å². The molecule has 130 valence electrons. The number of carbonyl (C=O) groups excluding carboxylic acids is 2. The van der Waals surface area contributed by atoms with E-state index in [4.69, 9.17) is 5.73 Å². The number of hydrogen-bond acceptors (Lipinski definition) is 5. The molecule has 1 unspecified atom stereocenters. The Morgan fingerprint density at radius 3 is 2.71 bits per heavy atom. The second-order valence-corrected chi connectivity index (χ2v) is 7.54. The first-order valence-electron chi connectivity index (χ1n) is 8.49. The molecule has 2 heterocycles. The van der Waals surface area contributed by atoms with Gasteiger partial charge in [0.25, 0.3) is 5.91 Å². The predicted molar refractivity (Wildman–Crippen MR) is 94.5 cm³/mol. The van der Waals surface area contributed by atoms with Gasteiger partial charge in [-0.05, 0) is 43.7 Å². The molecule has 2 amide bonds. The Morgan fingerprint density at radius 1 is 1.29 bits per heavy atom. The minimum Gasteiger partial charge on any atom is -0.348 e. The number of pyridine rings is 1. The molecule has 3 N–H and O–H groups in total. The summed E-state index contributed by atoms with van der Waals surface area (Å²) in [5.41, 5.74) is 6.65. The number of aromatic nitrogens is 1. The zero-order chi connectivity index (χ0) is 16.9. The Bertz CT molecular complexity index is 569. The van der Waals surface area contributed by atoms with E-state index in [1.165, 1.54) is 0 Å². The van der Waals surface area contributed by atoms with Crippen molar-refractivity contribution in [2.45, 2.75) is 37.8 Å². The third-order valence-electron chi connectivity index (χ3n) is 4.86. The SMILES string of the molecule is NC(C(=O)N1CCSC1)C1CCC(NC(=O)c2ccccn2)CC1. The van der Waals surface area contributed by atoms with E-state index in [2.05, 4.69) is 10.3 Å². The first-order valence-corrected chi connectivity index (χ1v) is 9.64. The maximum absolute atomic E-state index is 12.4. The first-order chi connectivity index (χ1) is 11.6. The third kappa shape index (κ3) is 4.08. The second kappa shape index (κ2) is 7.98. The largest absolute Gasteiger partial charge is 0.348 e. The Hall–Kier alpha value is -1.60. The topological polar surface area (TPSA) is 88.3 Å². The van der Waals surface area contributed by atoms with Gasteiger partial charge in [-0.2, -0.15) is 0 Å². The van der Waals surface area contributed by atoms with Gasteiger partial charge in [-0.1, -0.05) is 6.07 Å². The van der Waals surface area contributed by atoms with Crippen molar-refractivity contribution < 1.29 is 9.59 Å². The number of nitrogens with one attached hydrogen (secondary N) is 1. The fourth-order valence-corrected chi connectivity index (χ4v) is 4.33. The van der Waals surface area contributed by atoms with E-state index in [1.54, 1.807) is 36.2 Å². The molecule has 1 aromatic rings. The average molecular weight is 348 g/mol. The number of nitrogens with zero attached hydrogens (tertiary/aromatic N) is 2. The quantitative estimate of drug-likeness (QED) is 0.854. The molecule has 1 saturated heterocycles. The lowest BCUT2D eigenvalue weighted by molar-refractivity contribution is -0.132. The van der Waals surface area contributed by atoms with Gasteiger partial charge in [0, 0.05) is 24.5 Å². The van der Waals surface area contributed by atoms with Crippen LogP contribution in [0.25, 0.3) is 0 Å². The molecule has 24 heavy (non-hydrogen) atoms. The molecule has 7 heteroatoms. The Kier molecular flexibility index (Phi) is 5.73. The number of carbonyl (C=O) groups is 2. The van der Waals surface area contributed by atoms with Gasteiger partial charge in [-0.15, -0.1) is 11.8 Å². The van der Waals surface area contributed by atoms with Gasteiger partial charge in [0.2, 0.25) is 5.91 Å². The van der Waals surface area contributed by atoms with Crippen molar-refractivity contribution in [3.8, 4) is 0 Å². The lowest BCUT2D eigenvalue weighted by Gasteiger charge is -2.33. The van der Waals surface area contributed by atoms with Gasteiger partial charge in [0.1, 0.15) is 5.69 Å². The van der Waals surface area contributed by atoms with Crippen LogP contribution in [0.5, 0.6) is 0 Å². The number of amides is 2. The second-order valence-electron chi connectivity index (χ2n) is 6.46. The van der Waals surface area contributed by atoms with Crippen LogP contribution in [0, 0.1) is 5.92 Å². The van der Waals surface area contributed by atoms with E-state index in [0.29, 0.717) is 5.69 Å². The zero-order valence-electron chi connectivity index (χ0n) is 13.7. The number of nitrogens with two attached hydrogens (primary N) is 1. The van der Waals surface area contributed by atoms with Crippen molar-refractivity contribution in [2.24, 2.45) is 11.7 Å². The minimum atomic E-state index is -0.406. The maximum atomic E-state index is 12.4. The van der Waals surface area contributed by atoms with Gasteiger partial charge in [0.05, 0.1) is 11.9 Å². The summed E-state index contributed by atoms with van der Waals surface area (Å²) in [5.74, 6) is 1.94. The average Bonchev–Trinajstić information content (AvgIpc) is 3.16. The lowest BCUT2D eigenvalue weighted by Crippen LogP contribution is -2.49.